The zero-order valence-corrected chi connectivity index (χ0v) is 12.8. The van der Waals surface area contributed by atoms with E-state index in [0.29, 0.717) is 5.92 Å². The summed E-state index contributed by atoms with van der Waals surface area (Å²) in [5.74, 6) is 0.523. The van der Waals surface area contributed by atoms with Crippen molar-refractivity contribution in [2.75, 3.05) is 0 Å². The van der Waals surface area contributed by atoms with Crippen molar-refractivity contribution >= 4 is 0 Å². The van der Waals surface area contributed by atoms with Crippen molar-refractivity contribution in [1.29, 1.82) is 0 Å². The molecule has 43 valence electrons. The van der Waals surface area contributed by atoms with Crippen LogP contribution in [0.4, 0.5) is 0 Å². The van der Waals surface area contributed by atoms with Crippen LogP contribution in [0.1, 0.15) is 13.3 Å². The normalized spacial score (nSPS) is 10.7. The van der Waals surface area contributed by atoms with Crippen molar-refractivity contribution < 1.29 is 19.5 Å². The minimum atomic E-state index is 0. The van der Waals surface area contributed by atoms with E-state index in [2.05, 4.69) is 13.8 Å². The second kappa shape index (κ2) is 9.16. The molecular weight excluding hydrogens is 430 g/mol. The van der Waals surface area contributed by atoms with E-state index in [0.717, 1.165) is 6.42 Å². The van der Waals surface area contributed by atoms with E-state index in [4.69, 9.17) is 0 Å². The zero-order chi connectivity index (χ0) is 4.28. The fraction of sp³-hybridized carbons (Fsp3) is 0.600. The first-order valence-electron chi connectivity index (χ1n) is 1.89. The molecule has 1 unspecified atom stereocenters. The Morgan fingerprint density at radius 2 is 1.71 bits per heavy atom. The van der Waals surface area contributed by atoms with Crippen molar-refractivity contribution in [2.45, 2.75) is 13.3 Å². The maximum atomic E-state index is 3.69. The Balaban J connectivity index is -0.0000000800. The summed E-state index contributed by atoms with van der Waals surface area (Å²) in [5.41, 5.74) is 0. The summed E-state index contributed by atoms with van der Waals surface area (Å²) in [7, 11) is 0. The summed E-state index contributed by atoms with van der Waals surface area (Å²) >= 11 is 0. The van der Waals surface area contributed by atoms with Gasteiger partial charge in [0.1, 0.15) is 0 Å². The van der Waals surface area contributed by atoms with Gasteiger partial charge in [0.15, 0.2) is 0 Å². The van der Waals surface area contributed by atoms with E-state index in [1.165, 1.54) is 0 Å². The molecule has 2 heteroatoms. The van der Waals surface area contributed by atoms with Crippen LogP contribution in [0.25, 0.3) is 0 Å². The summed E-state index contributed by atoms with van der Waals surface area (Å²) < 4.78 is 0. The summed E-state index contributed by atoms with van der Waals surface area (Å²) in [5, 5.41) is 0. The molecule has 0 aromatic carbocycles. The van der Waals surface area contributed by atoms with Gasteiger partial charge >= 0.3 is 0 Å². The Morgan fingerprint density at radius 3 is 1.71 bits per heavy atom. The predicted molar refractivity (Wildman–Crippen MR) is 24.5 cm³/mol. The third-order valence-corrected chi connectivity index (χ3v) is 0.493. The number of hydrogen-bond donors (Lipinski definition) is 0. The molecule has 0 aliphatic rings. The molecule has 1 atom stereocenters. The van der Waals surface area contributed by atoms with Gasteiger partial charge in [-0.2, -0.15) is 0 Å². The molecule has 0 saturated carbocycles. The molecule has 0 bridgehead atoms. The van der Waals surface area contributed by atoms with E-state index in [1.54, 1.807) is 0 Å². The Morgan fingerprint density at radius 1 is 1.57 bits per heavy atom. The summed E-state index contributed by atoms with van der Waals surface area (Å²) in [4.78, 5) is 0. The van der Waals surface area contributed by atoms with Gasteiger partial charge < -0.3 is 13.8 Å². The van der Waals surface area contributed by atoms with E-state index < -0.39 is 0 Å². The average molecular weight is 440 g/mol. The number of rotatable bonds is 1. The van der Waals surface area contributed by atoms with Crippen molar-refractivity contribution in [2.24, 2.45) is 5.92 Å². The fourth-order valence-electron chi connectivity index (χ4n) is 0. The predicted octanol–water partition coefficient (Wildman–Crippen LogP) is 1.68. The molecule has 0 rings (SSSR count). The monoisotopic (exact) mass is 440 g/mol. The number of hydrogen-bond acceptors (Lipinski definition) is 0. The molecule has 0 amide bonds. The SMILES string of the molecule is [CH2-]CC([CH2-])C.[Rf].[Rh]. The van der Waals surface area contributed by atoms with Crippen molar-refractivity contribution in [3.63, 3.8) is 0 Å². The van der Waals surface area contributed by atoms with E-state index in [9.17, 15) is 0 Å². The van der Waals surface area contributed by atoms with Gasteiger partial charge in [0.25, 0.3) is 0 Å². The molecule has 0 saturated heterocycles. The molecule has 0 spiro atoms. The van der Waals surface area contributed by atoms with Crippen molar-refractivity contribution in [3.05, 3.63) is 13.8 Å². The Bertz CT molecular complexity index is 22.0. The van der Waals surface area contributed by atoms with Crippen LogP contribution >= 0.6 is 0 Å². The molecule has 0 N–H and O–H groups in total. The van der Waals surface area contributed by atoms with Gasteiger partial charge in [-0.05, 0) is 0 Å². The summed E-state index contributed by atoms with van der Waals surface area (Å²) in [6.45, 7) is 9.37. The Hall–Kier alpha value is -0.377. The largest absolute Gasteiger partial charge is 0.345 e. The van der Waals surface area contributed by atoms with E-state index in [1.807, 2.05) is 6.92 Å². The standard InChI is InChI=1S/C5H10.Rf.Rh/c1-4-5(2)3;;/h5H,1-2,4H2,3H3;;/q-2;;. The minimum Gasteiger partial charge on any atom is -0.345 e. The van der Waals surface area contributed by atoms with Crippen LogP contribution < -0.4 is 0 Å². The van der Waals surface area contributed by atoms with E-state index >= 15 is 0 Å². The van der Waals surface area contributed by atoms with Gasteiger partial charge in [-0.15, -0.1) is 0 Å². The van der Waals surface area contributed by atoms with Crippen LogP contribution in [0.5, 0.6) is 0 Å². The maximum absolute atomic E-state index is 3.69. The van der Waals surface area contributed by atoms with Crippen LogP contribution in [-0.2, 0) is 19.5 Å². The minimum absolute atomic E-state index is 0. The van der Waals surface area contributed by atoms with Crippen LogP contribution in [0.3, 0.4) is 0 Å². The smallest absolute Gasteiger partial charge is 0 e. The molecule has 0 aromatic heterocycles. The molecule has 1 radical (unpaired) electrons. The van der Waals surface area contributed by atoms with Crippen LogP contribution in [0, 0.1) is 19.8 Å². The maximum Gasteiger partial charge on any atom is 0 e. The third-order valence-electron chi connectivity index (χ3n) is 0.493. The molecular formula is C5H10RfRh-2. The molecule has 0 aliphatic carbocycles. The Labute approximate surface area is 53.1 Å². The molecule has 0 nitrogen and oxygen atoms in total. The second-order valence-corrected chi connectivity index (χ2v) is 1.39. The van der Waals surface area contributed by atoms with Gasteiger partial charge in [0, 0.05) is 19.5 Å². The summed E-state index contributed by atoms with van der Waals surface area (Å²) in [6, 6.07) is 0. The summed E-state index contributed by atoms with van der Waals surface area (Å²) in [6.07, 6.45) is 0.944. The van der Waals surface area contributed by atoms with Crippen LogP contribution in [0.2, 0.25) is 0 Å². The molecule has 0 aromatic rings. The Kier molecular flexibility index (Phi) is 20.9. The zero-order valence-electron chi connectivity index (χ0n) is 4.74. The topological polar surface area (TPSA) is 0 Å². The second-order valence-electron chi connectivity index (χ2n) is 1.39. The van der Waals surface area contributed by atoms with Crippen molar-refractivity contribution in [3.8, 4) is 0 Å². The molecule has 0 aliphatic heterocycles. The van der Waals surface area contributed by atoms with Gasteiger partial charge in [-0.25, -0.2) is 12.3 Å². The van der Waals surface area contributed by atoms with E-state index in [-0.39, 0.29) is 19.5 Å². The van der Waals surface area contributed by atoms with Gasteiger partial charge in [0.05, 0.1) is 0 Å². The molecule has 7 heavy (non-hydrogen) atoms. The first kappa shape index (κ1) is 16.0. The van der Waals surface area contributed by atoms with Gasteiger partial charge in [0.2, 0.25) is 0 Å². The first-order valence-corrected chi connectivity index (χ1v) is 1.89. The fourth-order valence-corrected chi connectivity index (χ4v) is 0. The quantitative estimate of drug-likeness (QED) is 0.431. The molecule has 0 fully saturated rings. The van der Waals surface area contributed by atoms with Gasteiger partial charge in [-0.3, -0.25) is 0 Å². The van der Waals surface area contributed by atoms with Crippen LogP contribution in [-0.4, -0.2) is 0 Å². The average Bonchev–Trinajstić information content (AvgIpc) is 1.38. The molecule has 0 heterocycles. The van der Waals surface area contributed by atoms with Gasteiger partial charge in [-0.1, -0.05) is 6.92 Å². The first-order chi connectivity index (χ1) is 2.27. The van der Waals surface area contributed by atoms with Crippen LogP contribution in [0.15, 0.2) is 0 Å². The van der Waals surface area contributed by atoms with Crippen molar-refractivity contribution in [1.82, 2.24) is 0 Å². The third kappa shape index (κ3) is 28.0.